The first-order valence-electron chi connectivity index (χ1n) is 10.4. The standard InChI is InChI=1S/C28H16Br2O2/c29-15-9-11-19-23(13-15)27(31)21-7-3-1-5-17(21)25(19)26-18-6-2-4-8-22(18)28(32)24-14-16(30)10-12-20(24)26/h1-14,25-26H. The van der Waals surface area contributed by atoms with Crippen molar-refractivity contribution in [2.75, 3.05) is 0 Å². The fourth-order valence-corrected chi connectivity index (χ4v) is 6.01. The molecule has 2 aliphatic carbocycles. The van der Waals surface area contributed by atoms with Gasteiger partial charge in [-0.1, -0.05) is 92.5 Å². The van der Waals surface area contributed by atoms with Crippen molar-refractivity contribution in [3.05, 3.63) is 138 Å². The highest BCUT2D eigenvalue weighted by molar-refractivity contribution is 9.10. The highest BCUT2D eigenvalue weighted by Crippen LogP contribution is 2.51. The second-order valence-electron chi connectivity index (χ2n) is 8.25. The molecule has 0 aromatic heterocycles. The third-order valence-corrected chi connectivity index (χ3v) is 7.59. The van der Waals surface area contributed by atoms with Crippen molar-refractivity contribution < 1.29 is 9.59 Å². The van der Waals surface area contributed by atoms with Crippen LogP contribution < -0.4 is 0 Å². The molecular weight excluding hydrogens is 528 g/mol. The number of carbonyl (C=O) groups excluding carboxylic acids is 2. The predicted octanol–water partition coefficient (Wildman–Crippen LogP) is 7.26. The van der Waals surface area contributed by atoms with Crippen LogP contribution in [0.1, 0.15) is 65.9 Å². The van der Waals surface area contributed by atoms with E-state index in [1.165, 1.54) is 0 Å². The average molecular weight is 544 g/mol. The quantitative estimate of drug-likeness (QED) is 0.253. The van der Waals surface area contributed by atoms with E-state index in [0.717, 1.165) is 53.5 Å². The van der Waals surface area contributed by atoms with Crippen molar-refractivity contribution >= 4 is 43.4 Å². The fraction of sp³-hybridized carbons (Fsp3) is 0.0714. The lowest BCUT2D eigenvalue weighted by atomic mass is 9.64. The molecule has 0 N–H and O–H groups in total. The normalized spacial score (nSPS) is 18.4. The molecule has 2 nitrogen and oxygen atoms in total. The van der Waals surface area contributed by atoms with Gasteiger partial charge in [0, 0.05) is 43.0 Å². The maximum absolute atomic E-state index is 13.4. The van der Waals surface area contributed by atoms with Crippen LogP contribution in [0.3, 0.4) is 0 Å². The molecule has 4 aromatic rings. The summed E-state index contributed by atoms with van der Waals surface area (Å²) in [6.07, 6.45) is 0. The Balaban J connectivity index is 1.70. The first-order valence-corrected chi connectivity index (χ1v) is 12.0. The summed E-state index contributed by atoms with van der Waals surface area (Å²) >= 11 is 7.08. The van der Waals surface area contributed by atoms with Crippen LogP contribution in [-0.2, 0) is 0 Å². The summed E-state index contributed by atoms with van der Waals surface area (Å²) in [6, 6.07) is 27.7. The van der Waals surface area contributed by atoms with Crippen LogP contribution in [0.5, 0.6) is 0 Å². The number of fused-ring (bicyclic) bond motifs is 4. The Hall–Kier alpha value is -2.82. The second-order valence-corrected chi connectivity index (χ2v) is 10.1. The van der Waals surface area contributed by atoms with E-state index in [0.29, 0.717) is 0 Å². The van der Waals surface area contributed by atoms with Gasteiger partial charge in [-0.15, -0.1) is 0 Å². The number of halogens is 2. The van der Waals surface area contributed by atoms with E-state index in [1.807, 2.05) is 60.7 Å². The SMILES string of the molecule is O=C1c2ccccc2C(C2c3ccccc3C(=O)c3cc(Br)ccc32)c2ccc(Br)cc21. The van der Waals surface area contributed by atoms with E-state index in [4.69, 9.17) is 0 Å². The number of ketones is 2. The van der Waals surface area contributed by atoms with Gasteiger partial charge in [-0.2, -0.15) is 0 Å². The Morgan fingerprint density at radius 1 is 0.469 bits per heavy atom. The number of hydrogen-bond donors (Lipinski definition) is 0. The molecule has 2 unspecified atom stereocenters. The van der Waals surface area contributed by atoms with Crippen molar-refractivity contribution in [3.8, 4) is 0 Å². The van der Waals surface area contributed by atoms with Gasteiger partial charge in [0.05, 0.1) is 0 Å². The highest BCUT2D eigenvalue weighted by Gasteiger charge is 2.41. The van der Waals surface area contributed by atoms with E-state index >= 15 is 0 Å². The maximum Gasteiger partial charge on any atom is 0.193 e. The van der Waals surface area contributed by atoms with E-state index in [1.54, 1.807) is 0 Å². The predicted molar refractivity (Wildman–Crippen MR) is 132 cm³/mol. The minimum atomic E-state index is -0.0822. The van der Waals surface area contributed by atoms with Gasteiger partial charge in [-0.25, -0.2) is 0 Å². The maximum atomic E-state index is 13.4. The van der Waals surface area contributed by atoms with Crippen LogP contribution in [-0.4, -0.2) is 11.6 Å². The summed E-state index contributed by atoms with van der Waals surface area (Å²) in [5.41, 5.74) is 6.92. The Kier molecular flexibility index (Phi) is 4.56. The molecule has 0 spiro atoms. The van der Waals surface area contributed by atoms with E-state index in [2.05, 4.69) is 56.1 Å². The average Bonchev–Trinajstić information content (AvgIpc) is 2.81. The smallest absolute Gasteiger partial charge is 0.193 e. The summed E-state index contributed by atoms with van der Waals surface area (Å²) in [4.78, 5) is 26.8. The van der Waals surface area contributed by atoms with Crippen molar-refractivity contribution in [1.29, 1.82) is 0 Å². The molecule has 32 heavy (non-hydrogen) atoms. The van der Waals surface area contributed by atoms with Crippen LogP contribution in [0.15, 0.2) is 93.9 Å². The minimum Gasteiger partial charge on any atom is -0.289 e. The van der Waals surface area contributed by atoms with Gasteiger partial charge in [-0.05, 0) is 46.5 Å². The molecular formula is C28H16Br2O2. The molecule has 0 bridgehead atoms. The zero-order valence-electron chi connectivity index (χ0n) is 16.8. The molecule has 2 atom stereocenters. The van der Waals surface area contributed by atoms with Gasteiger partial charge in [0.15, 0.2) is 11.6 Å². The third kappa shape index (κ3) is 2.83. The van der Waals surface area contributed by atoms with E-state index < -0.39 is 0 Å². The van der Waals surface area contributed by atoms with Gasteiger partial charge in [0.1, 0.15) is 0 Å². The van der Waals surface area contributed by atoms with Crippen LogP contribution >= 0.6 is 31.9 Å². The monoisotopic (exact) mass is 542 g/mol. The summed E-state index contributed by atoms with van der Waals surface area (Å²) in [5.74, 6) is -0.0731. The van der Waals surface area contributed by atoms with Crippen molar-refractivity contribution in [2.24, 2.45) is 0 Å². The summed E-state index contributed by atoms with van der Waals surface area (Å²) < 4.78 is 1.76. The number of rotatable bonds is 1. The molecule has 0 fully saturated rings. The first-order chi connectivity index (χ1) is 15.5. The van der Waals surface area contributed by atoms with E-state index in [-0.39, 0.29) is 23.4 Å². The van der Waals surface area contributed by atoms with Crippen molar-refractivity contribution in [2.45, 2.75) is 11.8 Å². The summed E-state index contributed by atoms with van der Waals surface area (Å²) in [7, 11) is 0. The van der Waals surface area contributed by atoms with Crippen LogP contribution in [0.2, 0.25) is 0 Å². The first kappa shape index (κ1) is 19.8. The van der Waals surface area contributed by atoms with Crippen LogP contribution in [0.25, 0.3) is 0 Å². The number of benzene rings is 4. The lowest BCUT2D eigenvalue weighted by molar-refractivity contribution is 0.102. The Bertz CT molecular complexity index is 1340. The zero-order chi connectivity index (χ0) is 22.0. The van der Waals surface area contributed by atoms with Crippen LogP contribution in [0.4, 0.5) is 0 Å². The Morgan fingerprint density at radius 2 is 0.844 bits per heavy atom. The molecule has 0 saturated heterocycles. The minimum absolute atomic E-state index is 0.0457. The lowest BCUT2D eigenvalue weighted by Crippen LogP contribution is -2.29. The van der Waals surface area contributed by atoms with Gasteiger partial charge >= 0.3 is 0 Å². The number of carbonyl (C=O) groups is 2. The molecule has 0 aliphatic heterocycles. The van der Waals surface area contributed by atoms with Crippen LogP contribution in [0, 0.1) is 0 Å². The lowest BCUT2D eigenvalue weighted by Gasteiger charge is -2.38. The summed E-state index contributed by atoms with van der Waals surface area (Å²) in [5, 5.41) is 0. The molecule has 4 aromatic carbocycles. The topological polar surface area (TPSA) is 34.1 Å². The molecule has 4 heteroatoms. The van der Waals surface area contributed by atoms with Crippen molar-refractivity contribution in [3.63, 3.8) is 0 Å². The highest BCUT2D eigenvalue weighted by atomic mass is 79.9. The summed E-state index contributed by atoms with van der Waals surface area (Å²) in [6.45, 7) is 0. The van der Waals surface area contributed by atoms with Gasteiger partial charge in [0.25, 0.3) is 0 Å². The molecule has 6 rings (SSSR count). The molecule has 154 valence electrons. The van der Waals surface area contributed by atoms with Gasteiger partial charge < -0.3 is 0 Å². The third-order valence-electron chi connectivity index (χ3n) is 6.60. The molecule has 0 amide bonds. The van der Waals surface area contributed by atoms with E-state index in [9.17, 15) is 9.59 Å². The Morgan fingerprint density at radius 3 is 1.28 bits per heavy atom. The molecule has 2 aliphatic rings. The molecule has 0 heterocycles. The largest absolute Gasteiger partial charge is 0.289 e. The van der Waals surface area contributed by atoms with Gasteiger partial charge in [0.2, 0.25) is 0 Å². The van der Waals surface area contributed by atoms with Crippen molar-refractivity contribution in [1.82, 2.24) is 0 Å². The molecule has 0 radical (unpaired) electrons. The fourth-order valence-electron chi connectivity index (χ4n) is 5.29. The zero-order valence-corrected chi connectivity index (χ0v) is 20.0. The number of hydrogen-bond acceptors (Lipinski definition) is 2. The van der Waals surface area contributed by atoms with Gasteiger partial charge in [-0.3, -0.25) is 9.59 Å². The molecule has 0 saturated carbocycles. The second kappa shape index (κ2) is 7.36. The Labute approximate surface area is 202 Å².